The third-order valence-electron chi connectivity index (χ3n) is 4.23. The van der Waals surface area contributed by atoms with Crippen LogP contribution in [-0.2, 0) is 0 Å². The fourth-order valence-corrected chi connectivity index (χ4v) is 3.72. The minimum Gasteiger partial charge on any atom is -0.545 e. The minimum absolute atomic E-state index is 0. The summed E-state index contributed by atoms with van der Waals surface area (Å²) in [6, 6.07) is 8.83. The van der Waals surface area contributed by atoms with Crippen LogP contribution in [0.25, 0.3) is 22.4 Å². The second-order valence-electron chi connectivity index (χ2n) is 5.81. The second kappa shape index (κ2) is 7.90. The number of carbonyl (C=O) groups is 1. The van der Waals surface area contributed by atoms with Gasteiger partial charge in [0.1, 0.15) is 5.75 Å². The number of benzene rings is 2. The quantitative estimate of drug-likeness (QED) is 0.578. The molecule has 8 heteroatoms. The fraction of sp³-hybridized carbons (Fsp3) is 0.158. The Morgan fingerprint density at radius 3 is 2.78 bits per heavy atom. The van der Waals surface area contributed by atoms with Gasteiger partial charge in [-0.15, -0.1) is 0 Å². The molecule has 0 aliphatic carbocycles. The van der Waals surface area contributed by atoms with E-state index in [0.29, 0.717) is 5.75 Å². The van der Waals surface area contributed by atoms with Crippen LogP contribution in [0.4, 0.5) is 0 Å². The van der Waals surface area contributed by atoms with Crippen molar-refractivity contribution in [3.05, 3.63) is 46.8 Å². The number of aryl methyl sites for hydroxylation is 1. The number of rotatable bonds is 4. The monoisotopic (exact) mass is 391 g/mol. The maximum absolute atomic E-state index is 11.4. The third-order valence-corrected chi connectivity index (χ3v) is 4.86. The SMILES string of the molecule is COc1ccc(-c2csnc2-c2cc(C)c3c(c2)OCO3)cc1C(=O)[O-].[Na+]. The molecule has 0 saturated heterocycles. The number of hydrogen-bond acceptors (Lipinski definition) is 7. The molecule has 6 nitrogen and oxygen atoms in total. The largest absolute Gasteiger partial charge is 1.00 e. The van der Waals surface area contributed by atoms with Crippen molar-refractivity contribution in [3.63, 3.8) is 0 Å². The van der Waals surface area contributed by atoms with Gasteiger partial charge in [-0.3, -0.25) is 0 Å². The van der Waals surface area contributed by atoms with Crippen molar-refractivity contribution in [2.45, 2.75) is 6.92 Å². The summed E-state index contributed by atoms with van der Waals surface area (Å²) in [7, 11) is 1.43. The van der Waals surface area contributed by atoms with E-state index in [0.717, 1.165) is 33.7 Å². The normalized spacial score (nSPS) is 11.8. The van der Waals surface area contributed by atoms with Gasteiger partial charge in [-0.25, -0.2) is 0 Å². The number of fused-ring (bicyclic) bond motifs is 1. The molecule has 0 unspecified atom stereocenters. The zero-order valence-corrected chi connectivity index (χ0v) is 17.9. The number of ether oxygens (including phenoxy) is 3. The van der Waals surface area contributed by atoms with Crippen LogP contribution in [0.1, 0.15) is 15.9 Å². The molecule has 27 heavy (non-hydrogen) atoms. The first kappa shape index (κ1) is 19.7. The summed E-state index contributed by atoms with van der Waals surface area (Å²) in [5.41, 5.74) is 4.16. The van der Waals surface area contributed by atoms with Crippen molar-refractivity contribution in [3.8, 4) is 39.6 Å². The maximum atomic E-state index is 11.4. The molecule has 3 aromatic rings. The molecule has 4 rings (SSSR count). The topological polar surface area (TPSA) is 80.7 Å². The van der Waals surface area contributed by atoms with Crippen LogP contribution in [0.2, 0.25) is 0 Å². The standard InChI is InChI=1S/C19H15NO5S.Na/c1-10-5-12(7-16-18(10)25-9-24-16)17-14(8-26-20-17)11-3-4-15(23-2)13(6-11)19(21)22;/h3-8H,9H2,1-2H3,(H,21,22);/q;+1/p-1. The van der Waals surface area contributed by atoms with E-state index in [2.05, 4.69) is 4.37 Å². The number of carboxylic acid groups (broad SMARTS) is 1. The van der Waals surface area contributed by atoms with Crippen molar-refractivity contribution in [2.75, 3.05) is 13.9 Å². The van der Waals surface area contributed by atoms with Gasteiger partial charge in [-0.1, -0.05) is 6.07 Å². The van der Waals surface area contributed by atoms with Crippen LogP contribution in [0.5, 0.6) is 17.2 Å². The van der Waals surface area contributed by atoms with Crippen LogP contribution in [-0.4, -0.2) is 24.2 Å². The molecule has 1 aliphatic heterocycles. The van der Waals surface area contributed by atoms with Crippen molar-refractivity contribution >= 4 is 17.5 Å². The fourth-order valence-electron chi connectivity index (χ4n) is 3.01. The van der Waals surface area contributed by atoms with Gasteiger partial charge in [0.15, 0.2) is 11.5 Å². The van der Waals surface area contributed by atoms with Gasteiger partial charge in [0.25, 0.3) is 0 Å². The predicted molar refractivity (Wildman–Crippen MR) is 94.7 cm³/mol. The van der Waals surface area contributed by atoms with Gasteiger partial charge in [0.05, 0.1) is 18.8 Å². The molecule has 0 spiro atoms. The van der Waals surface area contributed by atoms with Crippen LogP contribution < -0.4 is 48.9 Å². The summed E-state index contributed by atoms with van der Waals surface area (Å²) < 4.78 is 20.5. The van der Waals surface area contributed by atoms with E-state index in [1.54, 1.807) is 18.2 Å². The maximum Gasteiger partial charge on any atom is 1.00 e. The van der Waals surface area contributed by atoms with E-state index in [1.165, 1.54) is 18.6 Å². The van der Waals surface area contributed by atoms with Gasteiger partial charge in [-0.2, -0.15) is 4.37 Å². The molecule has 0 saturated carbocycles. The average molecular weight is 391 g/mol. The van der Waals surface area contributed by atoms with Crippen molar-refractivity contribution in [2.24, 2.45) is 0 Å². The summed E-state index contributed by atoms with van der Waals surface area (Å²) >= 11 is 1.30. The van der Waals surface area contributed by atoms with Crippen LogP contribution in [0.3, 0.4) is 0 Å². The number of carboxylic acids is 1. The van der Waals surface area contributed by atoms with Crippen LogP contribution in [0.15, 0.2) is 35.7 Å². The van der Waals surface area contributed by atoms with Crippen molar-refractivity contribution < 1.29 is 53.7 Å². The summed E-state index contributed by atoms with van der Waals surface area (Å²) in [4.78, 5) is 11.4. The molecule has 0 radical (unpaired) electrons. The number of aromatic nitrogens is 1. The molecule has 2 aromatic carbocycles. The van der Waals surface area contributed by atoms with Gasteiger partial charge >= 0.3 is 29.6 Å². The summed E-state index contributed by atoms with van der Waals surface area (Å²) in [5, 5.41) is 13.3. The van der Waals surface area contributed by atoms with E-state index in [4.69, 9.17) is 14.2 Å². The van der Waals surface area contributed by atoms with Crippen molar-refractivity contribution in [1.82, 2.24) is 4.37 Å². The van der Waals surface area contributed by atoms with Crippen LogP contribution in [0, 0.1) is 6.92 Å². The Hall–Kier alpha value is -2.06. The van der Waals surface area contributed by atoms with Gasteiger partial charge in [-0.05, 0) is 53.8 Å². The smallest absolute Gasteiger partial charge is 0.545 e. The van der Waals surface area contributed by atoms with E-state index in [-0.39, 0.29) is 47.7 Å². The molecule has 0 amide bonds. The molecule has 1 aromatic heterocycles. The molecule has 2 heterocycles. The number of aromatic carboxylic acids is 1. The van der Waals surface area contributed by atoms with Crippen LogP contribution >= 0.6 is 11.5 Å². The van der Waals surface area contributed by atoms with E-state index >= 15 is 0 Å². The molecule has 0 bridgehead atoms. The predicted octanol–water partition coefficient (Wildman–Crippen LogP) is -0.110. The van der Waals surface area contributed by atoms with E-state index in [1.807, 2.05) is 24.4 Å². The summed E-state index contributed by atoms with van der Waals surface area (Å²) in [6.45, 7) is 2.15. The zero-order valence-electron chi connectivity index (χ0n) is 15.1. The first-order valence-electron chi connectivity index (χ1n) is 7.83. The number of hydrogen-bond donors (Lipinski definition) is 0. The summed E-state index contributed by atoms with van der Waals surface area (Å²) in [5.74, 6) is 0.406. The second-order valence-corrected chi connectivity index (χ2v) is 6.44. The van der Waals surface area contributed by atoms with E-state index < -0.39 is 5.97 Å². The molecule has 0 N–H and O–H groups in total. The Morgan fingerprint density at radius 1 is 1.22 bits per heavy atom. The molecule has 0 fully saturated rings. The Balaban J connectivity index is 0.00000210. The zero-order chi connectivity index (χ0) is 18.3. The Bertz CT molecular complexity index is 1020. The van der Waals surface area contributed by atoms with E-state index in [9.17, 15) is 9.90 Å². The third kappa shape index (κ3) is 3.55. The number of methoxy groups -OCH3 is 1. The van der Waals surface area contributed by atoms with Gasteiger partial charge < -0.3 is 24.1 Å². The first-order chi connectivity index (χ1) is 12.6. The first-order valence-corrected chi connectivity index (χ1v) is 8.67. The summed E-state index contributed by atoms with van der Waals surface area (Å²) in [6.07, 6.45) is 0. The Labute approximate surface area is 182 Å². The Kier molecular flexibility index (Phi) is 5.76. The molecule has 0 atom stereocenters. The average Bonchev–Trinajstić information content (AvgIpc) is 3.30. The molecule has 1 aliphatic rings. The van der Waals surface area contributed by atoms with Gasteiger partial charge in [0.2, 0.25) is 6.79 Å². The molecular weight excluding hydrogens is 377 g/mol. The van der Waals surface area contributed by atoms with Gasteiger partial charge in [0, 0.05) is 22.1 Å². The minimum atomic E-state index is -1.28. The number of nitrogens with zero attached hydrogens (tertiary/aromatic N) is 1. The molecular formula is C19H14NNaO5S. The number of carbonyl (C=O) groups excluding carboxylic acids is 1. The Morgan fingerprint density at radius 2 is 2.04 bits per heavy atom. The molecule has 132 valence electrons. The van der Waals surface area contributed by atoms with Crippen molar-refractivity contribution in [1.29, 1.82) is 0 Å².